The number of nitrogen functional groups attached to an aromatic ring is 1. The minimum atomic E-state index is -4.26. The highest BCUT2D eigenvalue weighted by atomic mass is 32.2. The van der Waals surface area contributed by atoms with E-state index in [-0.39, 0.29) is 53.7 Å². The number of aromatic nitrogens is 5. The molecule has 2 aromatic heterocycles. The van der Waals surface area contributed by atoms with E-state index in [0.29, 0.717) is 12.1 Å². The summed E-state index contributed by atoms with van der Waals surface area (Å²) >= 11 is 0.862. The molecule has 31 heavy (non-hydrogen) atoms. The first kappa shape index (κ1) is 22.5. The maximum Gasteiger partial charge on any atom is 0.389 e. The molecule has 0 spiro atoms. The average Bonchev–Trinajstić information content (AvgIpc) is 3.30. The van der Waals surface area contributed by atoms with E-state index in [9.17, 15) is 13.2 Å². The van der Waals surface area contributed by atoms with Crippen molar-refractivity contribution >= 4 is 28.7 Å². The summed E-state index contributed by atoms with van der Waals surface area (Å²) in [6, 6.07) is -0.359. The van der Waals surface area contributed by atoms with Crippen LogP contribution in [0.4, 0.5) is 19.0 Å². The summed E-state index contributed by atoms with van der Waals surface area (Å²) in [5.74, 6) is -1.03. The molecule has 1 saturated heterocycles. The molecule has 1 saturated carbocycles. The zero-order valence-corrected chi connectivity index (χ0v) is 17.7. The second-order valence-electron chi connectivity index (χ2n) is 7.81. The number of fused-ring (bicyclic) bond motifs is 2. The molecule has 2 aliphatic rings. The number of aliphatic hydroxyl groups excluding tert-OH is 1. The Labute approximate surface area is 179 Å². The molecule has 1 aliphatic carbocycles. The first-order chi connectivity index (χ1) is 14.6. The molecule has 3 N–H and O–H groups in total. The van der Waals surface area contributed by atoms with Crippen LogP contribution >= 0.6 is 11.8 Å². The molecule has 2 fully saturated rings. The summed E-state index contributed by atoms with van der Waals surface area (Å²) in [5, 5.41) is 17.5. The van der Waals surface area contributed by atoms with Gasteiger partial charge in [0.1, 0.15) is 12.2 Å². The molecular weight excluding hydrogens is 441 g/mol. The Morgan fingerprint density at radius 3 is 2.74 bits per heavy atom. The first-order valence-corrected chi connectivity index (χ1v) is 10.7. The van der Waals surface area contributed by atoms with E-state index in [1.807, 2.05) is 0 Å². The van der Waals surface area contributed by atoms with E-state index < -0.39 is 24.5 Å². The predicted molar refractivity (Wildman–Crippen MR) is 103 cm³/mol. The van der Waals surface area contributed by atoms with Crippen molar-refractivity contribution in [2.24, 2.45) is 0 Å². The molecule has 4 rings (SSSR count). The van der Waals surface area contributed by atoms with Crippen LogP contribution in [0.1, 0.15) is 32.7 Å². The number of ether oxygens (including phenoxy) is 3. The highest BCUT2D eigenvalue weighted by molar-refractivity contribution is 7.99. The predicted octanol–water partition coefficient (Wildman–Crippen LogP) is 1.69. The fourth-order valence-corrected chi connectivity index (χ4v) is 4.72. The number of alkyl halides is 3. The molecule has 172 valence electrons. The fraction of sp³-hybridized carbons (Fsp3) is 0.765. The van der Waals surface area contributed by atoms with E-state index in [2.05, 4.69) is 20.3 Å². The van der Waals surface area contributed by atoms with Crippen molar-refractivity contribution in [3.8, 4) is 0 Å². The van der Waals surface area contributed by atoms with Gasteiger partial charge in [-0.25, -0.2) is 14.6 Å². The Morgan fingerprint density at radius 2 is 2.03 bits per heavy atom. The quantitative estimate of drug-likeness (QED) is 0.461. The number of nitrogens with two attached hydrogens (primary N) is 1. The Morgan fingerprint density at radius 1 is 1.29 bits per heavy atom. The van der Waals surface area contributed by atoms with Gasteiger partial charge in [0.25, 0.3) is 0 Å². The van der Waals surface area contributed by atoms with Crippen molar-refractivity contribution in [3.05, 3.63) is 0 Å². The van der Waals surface area contributed by atoms with Crippen LogP contribution in [0.3, 0.4) is 0 Å². The fourth-order valence-electron chi connectivity index (χ4n) is 3.89. The normalized spacial score (nSPS) is 27.8. The number of aliphatic hydroxyl groups is 1. The van der Waals surface area contributed by atoms with E-state index in [1.54, 1.807) is 18.5 Å². The summed E-state index contributed by atoms with van der Waals surface area (Å²) in [7, 11) is 0. The number of nitrogens with zero attached hydrogens (tertiary/aromatic N) is 5. The van der Waals surface area contributed by atoms with E-state index >= 15 is 0 Å². The zero-order valence-electron chi connectivity index (χ0n) is 16.9. The lowest BCUT2D eigenvalue weighted by Gasteiger charge is -2.23. The van der Waals surface area contributed by atoms with Gasteiger partial charge < -0.3 is 25.1 Å². The second kappa shape index (κ2) is 8.31. The molecule has 0 aromatic carbocycles. The molecule has 0 amide bonds. The first-order valence-electron chi connectivity index (χ1n) is 9.74. The summed E-state index contributed by atoms with van der Waals surface area (Å²) in [6.45, 7) is 3.61. The van der Waals surface area contributed by atoms with Gasteiger partial charge in [0.2, 0.25) is 0 Å². The van der Waals surface area contributed by atoms with Crippen LogP contribution in [-0.2, 0) is 14.2 Å². The Hall–Kier alpha value is -1.74. The van der Waals surface area contributed by atoms with Crippen LogP contribution in [0.25, 0.3) is 11.2 Å². The largest absolute Gasteiger partial charge is 0.394 e. The smallest absolute Gasteiger partial charge is 0.389 e. The Kier molecular flexibility index (Phi) is 6.02. The number of thioether (sulfide) groups is 1. The average molecular weight is 464 g/mol. The number of anilines is 1. The van der Waals surface area contributed by atoms with Gasteiger partial charge in [-0.05, 0) is 13.8 Å². The van der Waals surface area contributed by atoms with Crippen LogP contribution in [0.2, 0.25) is 0 Å². The van der Waals surface area contributed by atoms with Crippen molar-refractivity contribution < 1.29 is 32.5 Å². The highest BCUT2D eigenvalue weighted by Crippen LogP contribution is 2.45. The molecule has 0 radical (unpaired) electrons. The van der Waals surface area contributed by atoms with Gasteiger partial charge in [-0.1, -0.05) is 17.0 Å². The number of hydrogen-bond acceptors (Lipinski definition) is 10. The zero-order chi connectivity index (χ0) is 22.4. The maximum atomic E-state index is 12.5. The third-order valence-electron chi connectivity index (χ3n) is 5.07. The molecule has 4 unspecified atom stereocenters. The van der Waals surface area contributed by atoms with Crippen molar-refractivity contribution in [2.45, 2.75) is 68.2 Å². The van der Waals surface area contributed by atoms with Gasteiger partial charge in [0, 0.05) is 12.2 Å². The number of hydrogen-bond donors (Lipinski definition) is 2. The SMILES string of the molecule is CC1(C)OC2C(OCCO)CC(n3nnc4c(N)nc(SCCC(F)(F)F)nc43)C2O1. The Bertz CT molecular complexity index is 942. The monoisotopic (exact) mass is 464 g/mol. The molecule has 1 aliphatic heterocycles. The lowest BCUT2D eigenvalue weighted by molar-refractivity contribution is -0.171. The Balaban J connectivity index is 1.62. The van der Waals surface area contributed by atoms with Gasteiger partial charge in [-0.15, -0.1) is 5.10 Å². The minimum absolute atomic E-state index is 0.0392. The molecule has 4 atom stereocenters. The van der Waals surface area contributed by atoms with Gasteiger partial charge in [-0.2, -0.15) is 13.2 Å². The molecule has 10 nitrogen and oxygen atoms in total. The third-order valence-corrected chi connectivity index (χ3v) is 5.92. The minimum Gasteiger partial charge on any atom is -0.394 e. The van der Waals surface area contributed by atoms with Gasteiger partial charge in [-0.3, -0.25) is 0 Å². The summed E-state index contributed by atoms with van der Waals surface area (Å²) in [5.41, 5.74) is 6.52. The number of rotatable bonds is 7. The van der Waals surface area contributed by atoms with E-state index in [1.165, 1.54) is 0 Å². The van der Waals surface area contributed by atoms with Gasteiger partial charge >= 0.3 is 6.18 Å². The molecule has 2 aromatic rings. The van der Waals surface area contributed by atoms with Crippen LogP contribution in [0, 0.1) is 0 Å². The lowest BCUT2D eigenvalue weighted by atomic mass is 10.2. The van der Waals surface area contributed by atoms with Crippen molar-refractivity contribution in [1.29, 1.82) is 0 Å². The molecule has 14 heteroatoms. The van der Waals surface area contributed by atoms with Crippen LogP contribution in [0.15, 0.2) is 5.16 Å². The van der Waals surface area contributed by atoms with Crippen LogP contribution in [0.5, 0.6) is 0 Å². The van der Waals surface area contributed by atoms with E-state index in [0.717, 1.165) is 11.8 Å². The summed E-state index contributed by atoms with van der Waals surface area (Å²) in [4.78, 5) is 8.41. The van der Waals surface area contributed by atoms with Crippen molar-refractivity contribution in [1.82, 2.24) is 25.0 Å². The number of halogens is 3. The molecule has 3 heterocycles. The summed E-state index contributed by atoms with van der Waals surface area (Å²) < 4.78 is 56.8. The van der Waals surface area contributed by atoms with Crippen LogP contribution < -0.4 is 5.73 Å². The van der Waals surface area contributed by atoms with Gasteiger partial charge in [0.15, 0.2) is 27.9 Å². The molecular formula is C17H23F3N6O4S. The van der Waals surface area contributed by atoms with E-state index in [4.69, 9.17) is 25.1 Å². The second-order valence-corrected chi connectivity index (χ2v) is 8.87. The van der Waals surface area contributed by atoms with Crippen molar-refractivity contribution in [3.63, 3.8) is 0 Å². The lowest BCUT2D eigenvalue weighted by Crippen LogP contribution is -2.31. The third kappa shape index (κ3) is 4.72. The topological polar surface area (TPSA) is 130 Å². The highest BCUT2D eigenvalue weighted by Gasteiger charge is 2.56. The van der Waals surface area contributed by atoms with Gasteiger partial charge in [0.05, 0.1) is 31.8 Å². The standard InChI is InChI=1S/C17H23F3N6O4S/c1-16(2)29-11-8(7-9(12(11)30-16)28-5-4-27)26-14-10(24-25-26)13(21)22-15(23-14)31-6-3-17(18,19)20/h8-9,11-12,27H,3-7H2,1-2H3,(H2,21,22,23). The van der Waals surface area contributed by atoms with Crippen LogP contribution in [-0.4, -0.2) is 79.3 Å². The van der Waals surface area contributed by atoms with Crippen molar-refractivity contribution in [2.75, 3.05) is 24.7 Å². The maximum absolute atomic E-state index is 12.5. The molecule has 0 bridgehead atoms. The summed E-state index contributed by atoms with van der Waals surface area (Å²) in [6.07, 6.45) is -5.91.